The van der Waals surface area contributed by atoms with E-state index >= 15 is 0 Å². The molecule has 1 atom stereocenters. The van der Waals surface area contributed by atoms with Crippen LogP contribution in [0.25, 0.3) is 5.69 Å². The molecule has 0 amide bonds. The molecule has 0 aliphatic carbocycles. The van der Waals surface area contributed by atoms with E-state index in [-0.39, 0.29) is 0 Å². The van der Waals surface area contributed by atoms with Gasteiger partial charge in [-0.05, 0) is 30.0 Å². The normalized spacial score (nSPS) is 16.6. The molecule has 0 bridgehead atoms. The second kappa shape index (κ2) is 7.01. The van der Waals surface area contributed by atoms with Crippen LogP contribution in [0, 0.1) is 11.3 Å². The first kappa shape index (κ1) is 16.3. The Morgan fingerprint density at radius 2 is 1.85 bits per heavy atom. The second-order valence-electron chi connectivity index (χ2n) is 6.60. The smallest absolute Gasteiger partial charge is 0.207 e. The third-order valence-corrected chi connectivity index (χ3v) is 5.05. The van der Waals surface area contributed by atoms with E-state index in [9.17, 15) is 5.26 Å². The van der Waals surface area contributed by atoms with Crippen LogP contribution in [-0.2, 0) is 6.42 Å². The summed E-state index contributed by atoms with van der Waals surface area (Å²) in [6, 6.07) is 20.8. The molecule has 130 valence electrons. The molecule has 26 heavy (non-hydrogen) atoms. The van der Waals surface area contributed by atoms with Gasteiger partial charge in [0.05, 0.1) is 5.69 Å². The van der Waals surface area contributed by atoms with E-state index in [1.807, 2.05) is 24.3 Å². The van der Waals surface area contributed by atoms with Gasteiger partial charge in [-0.2, -0.15) is 5.26 Å². The van der Waals surface area contributed by atoms with Crippen molar-refractivity contribution < 1.29 is 0 Å². The van der Waals surface area contributed by atoms with E-state index in [0.29, 0.717) is 17.4 Å². The van der Waals surface area contributed by atoms with Crippen molar-refractivity contribution in [1.29, 1.82) is 5.26 Å². The maximum absolute atomic E-state index is 9.56. The van der Waals surface area contributed by atoms with Gasteiger partial charge in [0.25, 0.3) is 0 Å². The predicted octanol–water partition coefficient (Wildman–Crippen LogP) is 3.70. The van der Waals surface area contributed by atoms with Crippen LogP contribution in [0.1, 0.15) is 36.1 Å². The summed E-state index contributed by atoms with van der Waals surface area (Å²) in [5.41, 5.74) is 3.85. The van der Waals surface area contributed by atoms with Crippen LogP contribution >= 0.6 is 0 Å². The third kappa shape index (κ3) is 2.95. The largest absolute Gasteiger partial charge is 0.352 e. The van der Waals surface area contributed by atoms with Crippen molar-refractivity contribution in [3.8, 4) is 11.8 Å². The molecule has 0 spiro atoms. The van der Waals surface area contributed by atoms with Crippen molar-refractivity contribution in [2.75, 3.05) is 18.0 Å². The van der Waals surface area contributed by atoms with E-state index in [0.717, 1.165) is 31.6 Å². The first-order chi connectivity index (χ1) is 12.8. The topological polar surface area (TPSA) is 57.7 Å². The summed E-state index contributed by atoms with van der Waals surface area (Å²) in [4.78, 5) is 3.80. The van der Waals surface area contributed by atoms with Gasteiger partial charge in [-0.3, -0.25) is 0 Å². The molecular formula is C21H21N5. The lowest BCUT2D eigenvalue weighted by molar-refractivity contribution is 0.733. The summed E-state index contributed by atoms with van der Waals surface area (Å²) in [6.45, 7) is 3.87. The van der Waals surface area contributed by atoms with Gasteiger partial charge in [-0.15, -0.1) is 15.0 Å². The SMILES string of the molecule is CCc1ccccc1-n1nc(C#N)c(N2CC[C@H](c3ccccc3)C2)n1. The molecule has 5 heteroatoms. The lowest BCUT2D eigenvalue weighted by Gasteiger charge is -2.15. The average molecular weight is 343 g/mol. The molecule has 2 aromatic carbocycles. The van der Waals surface area contributed by atoms with Crippen molar-refractivity contribution in [1.82, 2.24) is 15.0 Å². The zero-order valence-electron chi connectivity index (χ0n) is 14.8. The highest BCUT2D eigenvalue weighted by atomic mass is 15.5. The van der Waals surface area contributed by atoms with Crippen LogP contribution in [0.3, 0.4) is 0 Å². The van der Waals surface area contributed by atoms with Crippen molar-refractivity contribution in [3.05, 3.63) is 71.4 Å². The van der Waals surface area contributed by atoms with Crippen LogP contribution in [0.15, 0.2) is 54.6 Å². The Morgan fingerprint density at radius 1 is 1.08 bits per heavy atom. The Morgan fingerprint density at radius 3 is 2.62 bits per heavy atom. The molecule has 5 nitrogen and oxygen atoms in total. The Balaban J connectivity index is 1.64. The lowest BCUT2D eigenvalue weighted by atomic mass is 9.99. The monoisotopic (exact) mass is 343 g/mol. The van der Waals surface area contributed by atoms with Crippen LogP contribution in [0.5, 0.6) is 0 Å². The first-order valence-electron chi connectivity index (χ1n) is 9.05. The number of hydrogen-bond acceptors (Lipinski definition) is 4. The number of nitriles is 1. The summed E-state index contributed by atoms with van der Waals surface area (Å²) in [7, 11) is 0. The number of benzene rings is 2. The van der Waals surface area contributed by atoms with Gasteiger partial charge in [0.15, 0.2) is 5.82 Å². The number of para-hydroxylation sites is 1. The maximum Gasteiger partial charge on any atom is 0.207 e. The molecule has 4 rings (SSSR count). The number of rotatable bonds is 4. The fourth-order valence-corrected chi connectivity index (χ4v) is 3.65. The summed E-state index contributed by atoms with van der Waals surface area (Å²) in [6.07, 6.45) is 1.96. The molecular weight excluding hydrogens is 322 g/mol. The molecule has 2 heterocycles. The van der Waals surface area contributed by atoms with Gasteiger partial charge in [-0.25, -0.2) is 0 Å². The minimum Gasteiger partial charge on any atom is -0.352 e. The maximum atomic E-state index is 9.56. The van der Waals surface area contributed by atoms with Gasteiger partial charge in [0.2, 0.25) is 5.69 Å². The molecule has 0 N–H and O–H groups in total. The fraction of sp³-hybridized carbons (Fsp3) is 0.286. The van der Waals surface area contributed by atoms with E-state index in [1.54, 1.807) is 4.80 Å². The van der Waals surface area contributed by atoms with Crippen molar-refractivity contribution in [2.24, 2.45) is 0 Å². The van der Waals surface area contributed by atoms with Crippen molar-refractivity contribution in [2.45, 2.75) is 25.7 Å². The quantitative estimate of drug-likeness (QED) is 0.725. The molecule has 1 aliphatic heterocycles. The summed E-state index contributed by atoms with van der Waals surface area (Å²) in [5, 5.41) is 18.7. The summed E-state index contributed by atoms with van der Waals surface area (Å²) in [5.74, 6) is 1.16. The minimum absolute atomic E-state index is 0.393. The fourth-order valence-electron chi connectivity index (χ4n) is 3.65. The Kier molecular flexibility index (Phi) is 4.40. The molecule has 0 radical (unpaired) electrons. The van der Waals surface area contributed by atoms with E-state index < -0.39 is 0 Å². The molecule has 1 aromatic heterocycles. The number of hydrogen-bond donors (Lipinski definition) is 0. The highest BCUT2D eigenvalue weighted by Gasteiger charge is 2.28. The van der Waals surface area contributed by atoms with E-state index in [1.165, 1.54) is 11.1 Å². The summed E-state index contributed by atoms with van der Waals surface area (Å²) >= 11 is 0. The average Bonchev–Trinajstić information content (AvgIpc) is 3.35. The van der Waals surface area contributed by atoms with Gasteiger partial charge in [0, 0.05) is 19.0 Å². The minimum atomic E-state index is 0.393. The standard InChI is InChI=1S/C21H21N5/c1-2-16-8-6-7-11-20(16)26-23-19(14-22)21(24-26)25-13-12-18(15-25)17-9-4-3-5-10-17/h3-11,18H,2,12-13,15H2,1H3/t18-/m0/s1. The second-order valence-corrected chi connectivity index (χ2v) is 6.60. The highest BCUT2D eigenvalue weighted by Crippen LogP contribution is 2.31. The Labute approximate surface area is 153 Å². The number of anilines is 1. The van der Waals surface area contributed by atoms with Crippen LogP contribution in [0.2, 0.25) is 0 Å². The molecule has 1 fully saturated rings. The zero-order chi connectivity index (χ0) is 17.9. The van der Waals surface area contributed by atoms with Crippen LogP contribution < -0.4 is 4.90 Å². The van der Waals surface area contributed by atoms with Gasteiger partial charge < -0.3 is 4.90 Å². The van der Waals surface area contributed by atoms with E-state index in [2.05, 4.69) is 58.4 Å². The summed E-state index contributed by atoms with van der Waals surface area (Å²) < 4.78 is 0. The van der Waals surface area contributed by atoms with Crippen LogP contribution in [-0.4, -0.2) is 28.1 Å². The molecule has 0 saturated carbocycles. The van der Waals surface area contributed by atoms with Gasteiger partial charge >= 0.3 is 0 Å². The van der Waals surface area contributed by atoms with Gasteiger partial charge in [-0.1, -0.05) is 55.5 Å². The predicted molar refractivity (Wildman–Crippen MR) is 101 cm³/mol. The lowest BCUT2D eigenvalue weighted by Crippen LogP contribution is -2.21. The number of aryl methyl sites for hydroxylation is 1. The third-order valence-electron chi connectivity index (χ3n) is 5.05. The van der Waals surface area contributed by atoms with Crippen molar-refractivity contribution >= 4 is 5.82 Å². The Hall–Kier alpha value is -3.13. The first-order valence-corrected chi connectivity index (χ1v) is 9.05. The molecule has 1 aliphatic rings. The highest BCUT2D eigenvalue weighted by molar-refractivity contribution is 5.52. The Bertz CT molecular complexity index is 939. The van der Waals surface area contributed by atoms with Crippen molar-refractivity contribution in [3.63, 3.8) is 0 Å². The molecule has 1 saturated heterocycles. The van der Waals surface area contributed by atoms with Gasteiger partial charge in [0.1, 0.15) is 6.07 Å². The number of aromatic nitrogens is 3. The molecule has 0 unspecified atom stereocenters. The molecule has 3 aromatic rings. The zero-order valence-corrected chi connectivity index (χ0v) is 14.8. The van der Waals surface area contributed by atoms with Crippen LogP contribution in [0.4, 0.5) is 5.82 Å². The van der Waals surface area contributed by atoms with E-state index in [4.69, 9.17) is 0 Å². The number of nitrogens with zero attached hydrogens (tertiary/aromatic N) is 5.